The van der Waals surface area contributed by atoms with Gasteiger partial charge in [-0.1, -0.05) is 6.07 Å². The van der Waals surface area contributed by atoms with Gasteiger partial charge in [-0.05, 0) is 56.2 Å². The maximum Gasteiger partial charge on any atom is 0.247 e. The number of rotatable bonds is 5. The zero-order valence-corrected chi connectivity index (χ0v) is 17.2. The van der Waals surface area contributed by atoms with E-state index in [1.807, 2.05) is 26.0 Å². The Labute approximate surface area is 165 Å². The first-order valence-electron chi connectivity index (χ1n) is 8.94. The predicted molar refractivity (Wildman–Crippen MR) is 109 cm³/mol. The van der Waals surface area contributed by atoms with Crippen molar-refractivity contribution in [2.75, 3.05) is 29.1 Å². The molecule has 0 fully saturated rings. The molecule has 0 bridgehead atoms. The molecule has 1 heterocycles. The second kappa shape index (κ2) is 7.71. The smallest absolute Gasteiger partial charge is 0.247 e. The quantitative estimate of drug-likeness (QED) is 0.828. The highest BCUT2D eigenvalue weighted by Gasteiger charge is 2.30. The Balaban J connectivity index is 1.89. The normalized spacial score (nSPS) is 14.3. The molecule has 1 aliphatic rings. The zero-order chi connectivity index (χ0) is 20.5. The summed E-state index contributed by atoms with van der Waals surface area (Å²) in [6.07, 6.45) is 1.07. The summed E-state index contributed by atoms with van der Waals surface area (Å²) in [4.78, 5) is 12.8. The van der Waals surface area contributed by atoms with Gasteiger partial charge in [0, 0.05) is 11.8 Å². The van der Waals surface area contributed by atoms with E-state index in [1.165, 1.54) is 0 Å². The van der Waals surface area contributed by atoms with Gasteiger partial charge in [0.15, 0.2) is 11.5 Å². The first kappa shape index (κ1) is 20.0. The van der Waals surface area contributed by atoms with E-state index in [0.29, 0.717) is 36.1 Å². The van der Waals surface area contributed by atoms with Crippen molar-refractivity contribution in [3.63, 3.8) is 0 Å². The molecule has 150 valence electrons. The van der Waals surface area contributed by atoms with Crippen LogP contribution in [0.25, 0.3) is 0 Å². The van der Waals surface area contributed by atoms with Gasteiger partial charge < -0.3 is 14.8 Å². The van der Waals surface area contributed by atoms with E-state index in [4.69, 9.17) is 9.47 Å². The van der Waals surface area contributed by atoms with Gasteiger partial charge in [-0.3, -0.25) is 9.10 Å². The number of aryl methyl sites for hydroxylation is 2. The van der Waals surface area contributed by atoms with Crippen molar-refractivity contribution in [2.45, 2.75) is 26.8 Å². The van der Waals surface area contributed by atoms with Gasteiger partial charge in [0.25, 0.3) is 0 Å². The number of benzene rings is 2. The van der Waals surface area contributed by atoms with Crippen LogP contribution in [0.3, 0.4) is 0 Å². The third kappa shape index (κ3) is 4.22. The Morgan fingerprint density at radius 2 is 1.71 bits per heavy atom. The molecule has 28 heavy (non-hydrogen) atoms. The third-order valence-corrected chi connectivity index (χ3v) is 5.88. The molecule has 0 radical (unpaired) electrons. The van der Waals surface area contributed by atoms with Crippen molar-refractivity contribution < 1.29 is 22.7 Å². The number of nitrogens with zero attached hydrogens (tertiary/aromatic N) is 1. The summed E-state index contributed by atoms with van der Waals surface area (Å²) < 4.78 is 37.0. The van der Waals surface area contributed by atoms with Gasteiger partial charge in [0.05, 0.1) is 11.9 Å². The number of sulfonamides is 1. The number of hydrogen-bond donors (Lipinski definition) is 1. The molecule has 0 spiro atoms. The minimum absolute atomic E-state index is 0.342. The molecule has 0 saturated heterocycles. The number of fused-ring (bicyclic) bond motifs is 1. The Bertz CT molecular complexity index is 1000. The standard InChI is InChI=1S/C20H24N2O5S/c1-13-5-6-16(11-14(13)2)21-20(23)15(3)22(28(4,24)25)17-7-8-18-19(12-17)27-10-9-26-18/h5-8,11-12,15H,9-10H2,1-4H3,(H,21,23)/t15-/m1/s1. The number of anilines is 2. The highest BCUT2D eigenvalue weighted by atomic mass is 32.2. The minimum atomic E-state index is -3.72. The topological polar surface area (TPSA) is 84.9 Å². The first-order chi connectivity index (χ1) is 13.2. The third-order valence-electron chi connectivity index (χ3n) is 4.64. The average molecular weight is 404 g/mol. The Morgan fingerprint density at radius 1 is 1.04 bits per heavy atom. The van der Waals surface area contributed by atoms with E-state index in [9.17, 15) is 13.2 Å². The van der Waals surface area contributed by atoms with Crippen LogP contribution >= 0.6 is 0 Å². The maximum absolute atomic E-state index is 12.8. The van der Waals surface area contributed by atoms with Crippen molar-refractivity contribution in [3.05, 3.63) is 47.5 Å². The second-order valence-electron chi connectivity index (χ2n) is 6.85. The molecule has 1 atom stereocenters. The molecule has 1 amide bonds. The van der Waals surface area contributed by atoms with Gasteiger partial charge in [-0.25, -0.2) is 8.42 Å². The number of hydrogen-bond acceptors (Lipinski definition) is 5. The summed E-state index contributed by atoms with van der Waals surface area (Å²) in [5.41, 5.74) is 3.11. The number of amides is 1. The lowest BCUT2D eigenvalue weighted by Crippen LogP contribution is -2.45. The Hall–Kier alpha value is -2.74. The summed E-state index contributed by atoms with van der Waals surface area (Å²) in [6, 6.07) is 9.43. The van der Waals surface area contributed by atoms with Crippen LogP contribution < -0.4 is 19.1 Å². The highest BCUT2D eigenvalue weighted by molar-refractivity contribution is 7.92. The van der Waals surface area contributed by atoms with E-state index in [-0.39, 0.29) is 0 Å². The van der Waals surface area contributed by atoms with E-state index in [0.717, 1.165) is 21.7 Å². The number of ether oxygens (including phenoxy) is 2. The lowest BCUT2D eigenvalue weighted by Gasteiger charge is -2.29. The number of nitrogens with one attached hydrogen (secondary N) is 1. The van der Waals surface area contributed by atoms with Crippen LogP contribution in [0.15, 0.2) is 36.4 Å². The molecular formula is C20H24N2O5S. The number of carbonyl (C=O) groups is 1. The SMILES string of the molecule is Cc1ccc(NC(=O)[C@@H](C)N(c2ccc3c(c2)OCCO3)S(C)(=O)=O)cc1C. The van der Waals surface area contributed by atoms with Crippen LogP contribution in [0.2, 0.25) is 0 Å². The van der Waals surface area contributed by atoms with Gasteiger partial charge in [0.1, 0.15) is 19.3 Å². The van der Waals surface area contributed by atoms with Gasteiger partial charge >= 0.3 is 0 Å². The molecule has 3 rings (SSSR count). The van der Waals surface area contributed by atoms with Crippen LogP contribution in [0.4, 0.5) is 11.4 Å². The molecule has 2 aromatic carbocycles. The summed E-state index contributed by atoms with van der Waals surface area (Å²) in [5.74, 6) is 0.582. The predicted octanol–water partition coefficient (Wildman–Crippen LogP) is 2.87. The molecule has 8 heteroatoms. The molecule has 0 aliphatic carbocycles. The van der Waals surface area contributed by atoms with Crippen LogP contribution in [0, 0.1) is 13.8 Å². The van der Waals surface area contributed by atoms with Gasteiger partial charge in [-0.2, -0.15) is 0 Å². The van der Waals surface area contributed by atoms with Crippen LogP contribution in [-0.2, 0) is 14.8 Å². The van der Waals surface area contributed by atoms with Crippen LogP contribution in [-0.4, -0.2) is 39.8 Å². The lowest BCUT2D eigenvalue weighted by atomic mass is 10.1. The van der Waals surface area contributed by atoms with Crippen molar-refractivity contribution in [2.24, 2.45) is 0 Å². The van der Waals surface area contributed by atoms with E-state index < -0.39 is 22.0 Å². The van der Waals surface area contributed by atoms with Crippen molar-refractivity contribution >= 4 is 27.3 Å². The fourth-order valence-corrected chi connectivity index (χ4v) is 4.21. The van der Waals surface area contributed by atoms with Crippen molar-refractivity contribution in [3.8, 4) is 11.5 Å². The molecular weight excluding hydrogens is 380 g/mol. The van der Waals surface area contributed by atoms with Gasteiger partial charge in [0.2, 0.25) is 15.9 Å². The van der Waals surface area contributed by atoms with E-state index in [1.54, 1.807) is 31.2 Å². The molecule has 0 saturated carbocycles. The fourth-order valence-electron chi connectivity index (χ4n) is 3.04. The lowest BCUT2D eigenvalue weighted by molar-refractivity contribution is -0.116. The van der Waals surface area contributed by atoms with Crippen LogP contribution in [0.5, 0.6) is 11.5 Å². The first-order valence-corrected chi connectivity index (χ1v) is 10.8. The number of carbonyl (C=O) groups excluding carboxylic acids is 1. The Kier molecular flexibility index (Phi) is 5.51. The minimum Gasteiger partial charge on any atom is -0.486 e. The summed E-state index contributed by atoms with van der Waals surface area (Å²) >= 11 is 0. The summed E-state index contributed by atoms with van der Waals surface area (Å²) in [7, 11) is -3.72. The van der Waals surface area contributed by atoms with Crippen molar-refractivity contribution in [1.82, 2.24) is 0 Å². The van der Waals surface area contributed by atoms with E-state index >= 15 is 0 Å². The molecule has 0 unspecified atom stereocenters. The molecule has 1 N–H and O–H groups in total. The van der Waals surface area contributed by atoms with Crippen molar-refractivity contribution in [1.29, 1.82) is 0 Å². The zero-order valence-electron chi connectivity index (χ0n) is 16.4. The highest BCUT2D eigenvalue weighted by Crippen LogP contribution is 2.35. The van der Waals surface area contributed by atoms with Gasteiger partial charge in [-0.15, -0.1) is 0 Å². The molecule has 2 aromatic rings. The van der Waals surface area contributed by atoms with E-state index in [2.05, 4.69) is 5.32 Å². The molecule has 1 aliphatic heterocycles. The fraction of sp³-hybridized carbons (Fsp3) is 0.350. The second-order valence-corrected chi connectivity index (χ2v) is 8.71. The monoisotopic (exact) mass is 404 g/mol. The molecule has 7 nitrogen and oxygen atoms in total. The molecule has 0 aromatic heterocycles. The Morgan fingerprint density at radius 3 is 2.36 bits per heavy atom. The summed E-state index contributed by atoms with van der Waals surface area (Å²) in [6.45, 7) is 6.31. The maximum atomic E-state index is 12.8. The largest absolute Gasteiger partial charge is 0.486 e. The summed E-state index contributed by atoms with van der Waals surface area (Å²) in [5, 5.41) is 2.79. The average Bonchev–Trinajstić information content (AvgIpc) is 2.63. The van der Waals surface area contributed by atoms with Crippen LogP contribution in [0.1, 0.15) is 18.1 Å².